The summed E-state index contributed by atoms with van der Waals surface area (Å²) in [7, 11) is 0. The van der Waals surface area contributed by atoms with Crippen LogP contribution in [-0.2, 0) is 5.72 Å². The smallest absolute Gasteiger partial charge is 0.211 e. The SMILES string of the molecule is N#C[C@@H]1[C-](N=C=N)N[C@@](O)(c2cccs2)[C@H]([n+]2ccccc2)[C@H]1c1ccccc1. The lowest BCUT2D eigenvalue weighted by atomic mass is 9.71. The van der Waals surface area contributed by atoms with Crippen LogP contribution in [0.5, 0.6) is 0 Å². The molecule has 0 saturated carbocycles. The summed E-state index contributed by atoms with van der Waals surface area (Å²) in [4.78, 5) is 4.68. The van der Waals surface area contributed by atoms with Gasteiger partial charge in [0.15, 0.2) is 12.4 Å². The monoisotopic (exact) mass is 401 g/mol. The molecular weight excluding hydrogens is 382 g/mol. The number of pyridine rings is 1. The zero-order valence-electron chi connectivity index (χ0n) is 15.4. The van der Waals surface area contributed by atoms with E-state index in [1.54, 1.807) is 0 Å². The molecule has 0 amide bonds. The molecule has 0 radical (unpaired) electrons. The second kappa shape index (κ2) is 8.00. The molecule has 7 heteroatoms. The summed E-state index contributed by atoms with van der Waals surface area (Å²) in [6, 6.07) is 22.9. The molecule has 1 aliphatic rings. The van der Waals surface area contributed by atoms with Crippen molar-refractivity contribution in [2.75, 3.05) is 0 Å². The van der Waals surface area contributed by atoms with Crippen LogP contribution in [0.15, 0.2) is 83.4 Å². The van der Waals surface area contributed by atoms with E-state index < -0.39 is 23.6 Å². The lowest BCUT2D eigenvalue weighted by molar-refractivity contribution is -0.746. The first-order valence-electron chi connectivity index (χ1n) is 9.13. The first-order chi connectivity index (χ1) is 14.2. The van der Waals surface area contributed by atoms with Crippen molar-refractivity contribution in [2.24, 2.45) is 10.9 Å². The van der Waals surface area contributed by atoms with Crippen molar-refractivity contribution in [3.8, 4) is 6.07 Å². The van der Waals surface area contributed by atoms with E-state index in [2.05, 4.69) is 16.4 Å². The fourth-order valence-electron chi connectivity index (χ4n) is 4.01. The standard InChI is InChI=1S/C22H19N5OS/c23-14-17-19(16-8-3-1-4-9-16)20(27-11-5-2-6-12-27)22(28,18-10-7-13-29-18)26-21(17)25-15-24/h1-13,17,19-20,24,26,28H/t17-,19-,20+,22+/m0/s1. The number of aliphatic imine (C=N–C) groups is 1. The molecule has 2 aromatic heterocycles. The van der Waals surface area contributed by atoms with Crippen LogP contribution in [0.1, 0.15) is 22.4 Å². The van der Waals surface area contributed by atoms with Crippen molar-refractivity contribution in [3.63, 3.8) is 0 Å². The number of piperidine rings is 1. The van der Waals surface area contributed by atoms with Crippen LogP contribution in [0.3, 0.4) is 0 Å². The van der Waals surface area contributed by atoms with Crippen LogP contribution in [-0.4, -0.2) is 11.1 Å². The van der Waals surface area contributed by atoms with Gasteiger partial charge in [0.25, 0.3) is 0 Å². The van der Waals surface area contributed by atoms with Gasteiger partial charge in [-0.1, -0.05) is 42.5 Å². The van der Waals surface area contributed by atoms with Crippen LogP contribution in [0.4, 0.5) is 0 Å². The van der Waals surface area contributed by atoms with Crippen molar-refractivity contribution in [1.29, 1.82) is 10.7 Å². The molecule has 0 bridgehead atoms. The average molecular weight is 401 g/mol. The summed E-state index contributed by atoms with van der Waals surface area (Å²) in [6.07, 6.45) is 4.01. The van der Waals surface area contributed by atoms with Crippen molar-refractivity contribution in [1.82, 2.24) is 5.32 Å². The average Bonchev–Trinajstić information content (AvgIpc) is 3.31. The Labute approximate surface area is 172 Å². The quantitative estimate of drug-likeness (QED) is 0.356. The Kier molecular flexibility index (Phi) is 5.26. The molecule has 144 valence electrons. The first kappa shape index (κ1) is 19.1. The predicted molar refractivity (Wildman–Crippen MR) is 109 cm³/mol. The van der Waals surface area contributed by atoms with E-state index in [9.17, 15) is 10.4 Å². The number of rotatable bonds is 4. The zero-order chi connectivity index (χ0) is 20.3. The van der Waals surface area contributed by atoms with Gasteiger partial charge < -0.3 is 20.8 Å². The molecule has 0 aliphatic carbocycles. The van der Waals surface area contributed by atoms with Crippen LogP contribution >= 0.6 is 11.3 Å². The highest BCUT2D eigenvalue weighted by Gasteiger charge is 2.57. The highest BCUT2D eigenvalue weighted by atomic mass is 32.1. The van der Waals surface area contributed by atoms with Crippen molar-refractivity contribution in [3.05, 3.63) is 95.0 Å². The Hall–Kier alpha value is -3.27. The maximum absolute atomic E-state index is 12.0. The molecule has 6 nitrogen and oxygen atoms in total. The van der Waals surface area contributed by atoms with Gasteiger partial charge in [-0.25, -0.2) is 0 Å². The number of hydrogen-bond donors (Lipinski definition) is 3. The molecule has 1 aromatic carbocycles. The molecule has 1 saturated heterocycles. The fraction of sp³-hybridized carbons (Fsp3) is 0.182. The molecule has 29 heavy (non-hydrogen) atoms. The number of nitriles is 1. The molecule has 0 unspecified atom stereocenters. The zero-order valence-corrected chi connectivity index (χ0v) is 16.3. The van der Waals surface area contributed by atoms with Gasteiger partial charge in [-0.15, -0.1) is 11.3 Å². The van der Waals surface area contributed by atoms with Gasteiger partial charge in [0, 0.05) is 18.1 Å². The van der Waals surface area contributed by atoms with Crippen molar-refractivity contribution < 1.29 is 9.67 Å². The fourth-order valence-corrected chi connectivity index (χ4v) is 4.82. The molecule has 1 fully saturated rings. The van der Waals surface area contributed by atoms with Gasteiger partial charge in [0.05, 0.1) is 16.9 Å². The lowest BCUT2D eigenvalue weighted by Gasteiger charge is -2.49. The maximum Gasteiger partial charge on any atom is 0.211 e. The molecule has 3 heterocycles. The number of benzene rings is 1. The van der Waals surface area contributed by atoms with E-state index in [1.165, 1.54) is 11.3 Å². The summed E-state index contributed by atoms with van der Waals surface area (Å²) in [5.41, 5.74) is -0.612. The second-order valence-electron chi connectivity index (χ2n) is 6.79. The molecule has 4 rings (SSSR count). The van der Waals surface area contributed by atoms with Gasteiger partial charge in [-0.05, 0) is 23.2 Å². The van der Waals surface area contributed by atoms with Gasteiger partial charge >= 0.3 is 0 Å². The van der Waals surface area contributed by atoms with Gasteiger partial charge in [0.1, 0.15) is 0 Å². The Bertz CT molecular complexity index is 1040. The number of nitrogens with one attached hydrogen (secondary N) is 2. The molecule has 3 N–H and O–H groups in total. The van der Waals surface area contributed by atoms with Crippen molar-refractivity contribution in [2.45, 2.75) is 17.7 Å². The third-order valence-electron chi connectivity index (χ3n) is 5.20. The lowest BCUT2D eigenvalue weighted by Crippen LogP contribution is -2.65. The van der Waals surface area contributed by atoms with E-state index in [4.69, 9.17) is 5.41 Å². The Morgan fingerprint density at radius 2 is 1.86 bits per heavy atom. The van der Waals surface area contributed by atoms with E-state index in [0.29, 0.717) is 4.88 Å². The normalized spacial score (nSPS) is 26.3. The Balaban J connectivity index is 1.98. The Morgan fingerprint density at radius 1 is 1.14 bits per heavy atom. The topological polar surface area (TPSA) is 96.1 Å². The maximum atomic E-state index is 12.0. The number of nitrogens with zero attached hydrogens (tertiary/aromatic N) is 3. The van der Waals surface area contributed by atoms with Crippen LogP contribution in [0, 0.1) is 28.8 Å². The third-order valence-corrected chi connectivity index (χ3v) is 6.19. The summed E-state index contributed by atoms with van der Waals surface area (Å²) >= 11 is 1.42. The summed E-state index contributed by atoms with van der Waals surface area (Å²) in [6.45, 7) is 0. The molecule has 4 atom stereocenters. The number of aromatic nitrogens is 1. The summed E-state index contributed by atoms with van der Waals surface area (Å²) in [5.74, 6) is -1.10. The van der Waals surface area contributed by atoms with Gasteiger partial charge in [-0.3, -0.25) is 0 Å². The third kappa shape index (κ3) is 3.35. The van der Waals surface area contributed by atoms with Crippen LogP contribution in [0.2, 0.25) is 0 Å². The molecular formula is C22H19N5OS. The van der Waals surface area contributed by atoms with E-state index >= 15 is 0 Å². The largest absolute Gasteiger partial charge is 0.385 e. The Morgan fingerprint density at radius 3 is 2.48 bits per heavy atom. The summed E-state index contributed by atoms with van der Waals surface area (Å²) in [5, 5.41) is 34.3. The molecule has 0 spiro atoms. The molecule has 3 aromatic rings. The van der Waals surface area contributed by atoms with Crippen molar-refractivity contribution >= 4 is 17.3 Å². The highest BCUT2D eigenvalue weighted by Crippen LogP contribution is 2.50. The van der Waals surface area contributed by atoms with Gasteiger partial charge in [-0.2, -0.15) is 15.8 Å². The summed E-state index contributed by atoms with van der Waals surface area (Å²) < 4.78 is 1.93. The minimum Gasteiger partial charge on any atom is -0.385 e. The first-order valence-corrected chi connectivity index (χ1v) is 10.0. The van der Waals surface area contributed by atoms with Crippen LogP contribution < -0.4 is 9.88 Å². The number of hydrogen-bond acceptors (Lipinski definition) is 6. The highest BCUT2D eigenvalue weighted by molar-refractivity contribution is 7.10. The number of aliphatic hydroxyl groups is 1. The van der Waals surface area contributed by atoms with E-state index in [0.717, 1.165) is 5.56 Å². The van der Waals surface area contributed by atoms with Crippen LogP contribution in [0.25, 0.3) is 0 Å². The minimum absolute atomic E-state index is 0.236. The van der Waals surface area contributed by atoms with E-state index in [1.807, 2.05) is 89.0 Å². The molecule has 1 aliphatic heterocycles. The van der Waals surface area contributed by atoms with E-state index in [-0.39, 0.29) is 6.17 Å². The van der Waals surface area contributed by atoms with Gasteiger partial charge in [0.2, 0.25) is 11.8 Å². The predicted octanol–water partition coefficient (Wildman–Crippen LogP) is 3.19. The second-order valence-corrected chi connectivity index (χ2v) is 7.74. The minimum atomic E-state index is -1.52. The number of thiophene rings is 1.